The summed E-state index contributed by atoms with van der Waals surface area (Å²) in [6, 6.07) is 13.3. The van der Waals surface area contributed by atoms with Gasteiger partial charge in [0.1, 0.15) is 0 Å². The van der Waals surface area contributed by atoms with E-state index in [0.717, 1.165) is 5.56 Å². The molecule has 29 heavy (non-hydrogen) atoms. The van der Waals surface area contributed by atoms with Gasteiger partial charge in [-0.15, -0.1) is 0 Å². The van der Waals surface area contributed by atoms with Crippen LogP contribution in [0.3, 0.4) is 0 Å². The van der Waals surface area contributed by atoms with Crippen LogP contribution in [-0.4, -0.2) is 30.3 Å². The Balaban J connectivity index is 1.63. The fourth-order valence-electron chi connectivity index (χ4n) is 2.13. The van der Waals surface area contributed by atoms with Crippen molar-refractivity contribution in [3.05, 3.63) is 64.7 Å². The molecule has 0 aliphatic rings. The first-order valence-electron chi connectivity index (χ1n) is 8.70. The molecule has 2 aromatic rings. The van der Waals surface area contributed by atoms with Gasteiger partial charge in [0.15, 0.2) is 6.61 Å². The molecular weight excluding hydrogens is 398 g/mol. The first kappa shape index (κ1) is 21.9. The van der Waals surface area contributed by atoms with Crippen LogP contribution in [0.25, 0.3) is 0 Å². The lowest BCUT2D eigenvalue weighted by molar-refractivity contribution is -0.149. The molecule has 0 fully saturated rings. The van der Waals surface area contributed by atoms with Gasteiger partial charge in [-0.3, -0.25) is 30.0 Å². The van der Waals surface area contributed by atoms with Crippen molar-refractivity contribution >= 4 is 41.0 Å². The molecule has 3 amide bonds. The second-order valence-electron chi connectivity index (χ2n) is 6.08. The summed E-state index contributed by atoms with van der Waals surface area (Å²) in [6.07, 6.45) is -0.260. The highest BCUT2D eigenvalue weighted by Crippen LogP contribution is 2.10. The van der Waals surface area contributed by atoms with Gasteiger partial charge in [-0.2, -0.15) is 0 Å². The molecule has 0 atom stereocenters. The van der Waals surface area contributed by atoms with Crippen LogP contribution in [0.15, 0.2) is 48.5 Å². The minimum absolute atomic E-state index is 0.0817. The van der Waals surface area contributed by atoms with Crippen molar-refractivity contribution in [1.29, 1.82) is 0 Å². The van der Waals surface area contributed by atoms with Crippen LogP contribution >= 0.6 is 11.6 Å². The molecule has 152 valence electrons. The predicted octanol–water partition coefficient (Wildman–Crippen LogP) is 2.37. The molecule has 8 nitrogen and oxygen atoms in total. The maximum absolute atomic E-state index is 11.8. The summed E-state index contributed by atoms with van der Waals surface area (Å²) in [5.74, 6) is -2.31. The molecule has 0 bridgehead atoms. The topological polar surface area (TPSA) is 114 Å². The molecule has 3 N–H and O–H groups in total. The maximum Gasteiger partial charge on any atom is 0.306 e. The van der Waals surface area contributed by atoms with Crippen LogP contribution in [0.4, 0.5) is 5.69 Å². The van der Waals surface area contributed by atoms with Crippen molar-refractivity contribution in [2.24, 2.45) is 0 Å². The third-order valence-electron chi connectivity index (χ3n) is 3.68. The Morgan fingerprint density at radius 1 is 0.862 bits per heavy atom. The Morgan fingerprint density at radius 2 is 1.52 bits per heavy atom. The number of anilines is 1. The van der Waals surface area contributed by atoms with Crippen LogP contribution in [0.2, 0.25) is 5.02 Å². The Morgan fingerprint density at radius 3 is 2.17 bits per heavy atom. The molecular formula is C20H20ClN3O5. The average Bonchev–Trinajstić information content (AvgIpc) is 2.71. The zero-order valence-electron chi connectivity index (χ0n) is 15.7. The molecule has 0 aromatic heterocycles. The van der Waals surface area contributed by atoms with Gasteiger partial charge in [-0.1, -0.05) is 29.3 Å². The molecule has 0 radical (unpaired) electrons. The number of esters is 1. The predicted molar refractivity (Wildman–Crippen MR) is 107 cm³/mol. The Hall–Kier alpha value is -3.39. The number of nitrogens with one attached hydrogen (secondary N) is 3. The number of ether oxygens (including phenoxy) is 1. The molecule has 0 aliphatic carbocycles. The average molecular weight is 418 g/mol. The van der Waals surface area contributed by atoms with Crippen LogP contribution in [0.5, 0.6) is 0 Å². The van der Waals surface area contributed by atoms with E-state index in [-0.39, 0.29) is 18.7 Å². The molecule has 0 saturated heterocycles. The second kappa shape index (κ2) is 10.8. The van der Waals surface area contributed by atoms with Crippen molar-refractivity contribution in [3.8, 4) is 0 Å². The van der Waals surface area contributed by atoms with Gasteiger partial charge < -0.3 is 10.1 Å². The third kappa shape index (κ3) is 8.02. The van der Waals surface area contributed by atoms with E-state index in [4.69, 9.17) is 16.3 Å². The minimum Gasteiger partial charge on any atom is -0.455 e. The SMILES string of the molecule is Cc1ccc(NC(=O)CCC(=O)OCC(=O)NNC(=O)c2ccc(Cl)cc2)cc1. The molecule has 9 heteroatoms. The van der Waals surface area contributed by atoms with Crippen molar-refractivity contribution in [2.75, 3.05) is 11.9 Å². The fourth-order valence-corrected chi connectivity index (χ4v) is 2.26. The van der Waals surface area contributed by atoms with E-state index in [1.807, 2.05) is 19.1 Å². The first-order valence-corrected chi connectivity index (χ1v) is 9.08. The summed E-state index contributed by atoms with van der Waals surface area (Å²) in [4.78, 5) is 46.9. The number of hydrogen-bond acceptors (Lipinski definition) is 5. The normalized spacial score (nSPS) is 10.0. The monoisotopic (exact) mass is 417 g/mol. The van der Waals surface area contributed by atoms with E-state index in [9.17, 15) is 19.2 Å². The summed E-state index contributed by atoms with van der Waals surface area (Å²) >= 11 is 5.73. The Labute approximate surface area is 172 Å². The minimum atomic E-state index is -0.718. The van der Waals surface area contributed by atoms with Gasteiger partial charge in [0.2, 0.25) is 5.91 Å². The van der Waals surface area contributed by atoms with E-state index in [1.54, 1.807) is 12.1 Å². The van der Waals surface area contributed by atoms with Gasteiger partial charge in [-0.25, -0.2) is 0 Å². The lowest BCUT2D eigenvalue weighted by atomic mass is 10.2. The lowest BCUT2D eigenvalue weighted by Crippen LogP contribution is -2.43. The molecule has 0 heterocycles. The smallest absolute Gasteiger partial charge is 0.306 e. The summed E-state index contributed by atoms with van der Waals surface area (Å²) in [5.41, 5.74) is 6.30. The quantitative estimate of drug-likeness (QED) is 0.472. The number of halogens is 1. The van der Waals surface area contributed by atoms with Gasteiger partial charge in [0.05, 0.1) is 6.42 Å². The number of amides is 3. The second-order valence-corrected chi connectivity index (χ2v) is 6.52. The highest BCUT2D eigenvalue weighted by Gasteiger charge is 2.12. The summed E-state index contributed by atoms with van der Waals surface area (Å²) in [5, 5.41) is 3.14. The van der Waals surface area contributed by atoms with Crippen LogP contribution in [0.1, 0.15) is 28.8 Å². The molecule has 2 aromatic carbocycles. The fraction of sp³-hybridized carbons (Fsp3) is 0.200. The van der Waals surface area contributed by atoms with Crippen molar-refractivity contribution in [3.63, 3.8) is 0 Å². The molecule has 0 unspecified atom stereocenters. The number of hydrazine groups is 1. The van der Waals surface area contributed by atoms with E-state index < -0.39 is 24.4 Å². The van der Waals surface area contributed by atoms with Gasteiger partial charge in [-0.05, 0) is 43.3 Å². The van der Waals surface area contributed by atoms with Crippen LogP contribution < -0.4 is 16.2 Å². The van der Waals surface area contributed by atoms with E-state index in [2.05, 4.69) is 16.2 Å². The highest BCUT2D eigenvalue weighted by molar-refractivity contribution is 6.30. The summed E-state index contributed by atoms with van der Waals surface area (Å²) < 4.78 is 4.77. The number of hydrogen-bond donors (Lipinski definition) is 3. The third-order valence-corrected chi connectivity index (χ3v) is 3.93. The zero-order chi connectivity index (χ0) is 21.2. The standard InChI is InChI=1S/C20H20ClN3O5/c1-13-2-8-16(9-3-13)22-17(25)10-11-19(27)29-12-18(26)23-24-20(28)14-4-6-15(21)7-5-14/h2-9H,10-12H2,1H3,(H,22,25)(H,23,26)(H,24,28). The van der Waals surface area contributed by atoms with Gasteiger partial charge in [0.25, 0.3) is 11.8 Å². The van der Waals surface area contributed by atoms with Crippen molar-refractivity contribution in [2.45, 2.75) is 19.8 Å². The Bertz CT molecular complexity index is 882. The number of rotatable bonds is 7. The Kier molecular flexibility index (Phi) is 8.17. The summed E-state index contributed by atoms with van der Waals surface area (Å²) in [7, 11) is 0. The van der Waals surface area contributed by atoms with Crippen LogP contribution in [0, 0.1) is 6.92 Å². The van der Waals surface area contributed by atoms with E-state index in [0.29, 0.717) is 16.3 Å². The molecule has 0 aliphatic heterocycles. The largest absolute Gasteiger partial charge is 0.455 e. The van der Waals surface area contributed by atoms with Crippen LogP contribution in [-0.2, 0) is 19.1 Å². The van der Waals surface area contributed by atoms with Gasteiger partial charge in [0, 0.05) is 22.7 Å². The number of aryl methyl sites for hydroxylation is 1. The molecule has 0 spiro atoms. The molecule has 2 rings (SSSR count). The van der Waals surface area contributed by atoms with Gasteiger partial charge >= 0.3 is 5.97 Å². The lowest BCUT2D eigenvalue weighted by Gasteiger charge is -2.08. The van der Waals surface area contributed by atoms with Crippen molar-refractivity contribution in [1.82, 2.24) is 10.9 Å². The van der Waals surface area contributed by atoms with E-state index >= 15 is 0 Å². The number of benzene rings is 2. The number of carbonyl (C=O) groups is 4. The zero-order valence-corrected chi connectivity index (χ0v) is 16.4. The highest BCUT2D eigenvalue weighted by atomic mass is 35.5. The van der Waals surface area contributed by atoms with E-state index in [1.165, 1.54) is 24.3 Å². The number of carbonyl (C=O) groups excluding carboxylic acids is 4. The molecule has 0 saturated carbocycles. The first-order chi connectivity index (χ1) is 13.8. The summed E-state index contributed by atoms with van der Waals surface area (Å²) in [6.45, 7) is 1.35. The van der Waals surface area contributed by atoms with Crippen molar-refractivity contribution < 1.29 is 23.9 Å². The maximum atomic E-state index is 11.8.